The van der Waals surface area contributed by atoms with E-state index < -0.39 is 0 Å². The van der Waals surface area contributed by atoms with Gasteiger partial charge in [-0.1, -0.05) is 16.8 Å². The lowest BCUT2D eigenvalue weighted by molar-refractivity contribution is 0.191. The third-order valence-corrected chi connectivity index (χ3v) is 4.24. The third-order valence-electron chi connectivity index (χ3n) is 3.03. The second-order valence-electron chi connectivity index (χ2n) is 4.44. The molecule has 1 unspecified atom stereocenters. The van der Waals surface area contributed by atoms with Crippen LogP contribution in [0.3, 0.4) is 0 Å². The maximum Gasteiger partial charge on any atom is 0.244 e. The number of rotatable bonds is 2. The molecule has 0 bridgehead atoms. The molecule has 2 N–H and O–H groups in total. The molecule has 1 aliphatic heterocycles. The van der Waals surface area contributed by atoms with Crippen molar-refractivity contribution in [1.82, 2.24) is 15.5 Å². The fourth-order valence-electron chi connectivity index (χ4n) is 2.03. The summed E-state index contributed by atoms with van der Waals surface area (Å²) in [5.74, 6) is 1.01. The van der Waals surface area contributed by atoms with Crippen LogP contribution in [0.5, 0.6) is 0 Å². The molecule has 19 heavy (non-hydrogen) atoms. The quantitative estimate of drug-likeness (QED) is 0.876. The molecule has 1 aromatic heterocycles. The van der Waals surface area contributed by atoms with Crippen molar-refractivity contribution in [3.63, 3.8) is 0 Å². The zero-order valence-corrected chi connectivity index (χ0v) is 12.1. The number of β-amino-alcohol motifs (C(OH)–C–C–N with tert-alkyl or cyclic N) is 1. The Kier molecular flexibility index (Phi) is 3.58. The average Bonchev–Trinajstić information content (AvgIpc) is 3.01. The molecular formula is C12H11BrClN3O2. The van der Waals surface area contributed by atoms with E-state index in [0.29, 0.717) is 29.7 Å². The number of aliphatic hydroxyl groups is 1. The average molecular weight is 345 g/mol. The highest BCUT2D eigenvalue weighted by molar-refractivity contribution is 9.10. The van der Waals surface area contributed by atoms with Gasteiger partial charge in [-0.05, 0) is 40.5 Å². The summed E-state index contributed by atoms with van der Waals surface area (Å²) in [6.45, 7) is 0.550. The van der Waals surface area contributed by atoms with Crippen LogP contribution in [0.25, 0.3) is 11.4 Å². The van der Waals surface area contributed by atoms with Crippen LogP contribution in [0.4, 0.5) is 0 Å². The van der Waals surface area contributed by atoms with Crippen molar-refractivity contribution in [3.05, 3.63) is 33.6 Å². The van der Waals surface area contributed by atoms with Crippen molar-refractivity contribution in [3.8, 4) is 11.4 Å². The van der Waals surface area contributed by atoms with Gasteiger partial charge in [0.25, 0.3) is 0 Å². The van der Waals surface area contributed by atoms with E-state index in [0.717, 1.165) is 10.0 Å². The van der Waals surface area contributed by atoms with Crippen molar-refractivity contribution in [2.24, 2.45) is 0 Å². The first-order valence-electron chi connectivity index (χ1n) is 5.84. The molecule has 0 amide bonds. The van der Waals surface area contributed by atoms with Crippen LogP contribution in [0, 0.1) is 0 Å². The predicted molar refractivity (Wildman–Crippen MR) is 73.8 cm³/mol. The molecule has 5 nitrogen and oxygen atoms in total. The summed E-state index contributed by atoms with van der Waals surface area (Å²) in [6.07, 6.45) is 0.233. The molecule has 3 rings (SSSR count). The Bertz CT molecular complexity index is 604. The third kappa shape index (κ3) is 2.67. The maximum atomic E-state index is 9.48. The normalized spacial score (nSPS) is 22.9. The number of hydrogen-bond donors (Lipinski definition) is 2. The van der Waals surface area contributed by atoms with Gasteiger partial charge in [-0.15, -0.1) is 0 Å². The highest BCUT2D eigenvalue weighted by Crippen LogP contribution is 2.29. The highest BCUT2D eigenvalue weighted by atomic mass is 79.9. The number of aromatic nitrogens is 2. The number of nitrogens with one attached hydrogen (secondary N) is 1. The van der Waals surface area contributed by atoms with Crippen molar-refractivity contribution in [1.29, 1.82) is 0 Å². The summed E-state index contributed by atoms with van der Waals surface area (Å²) in [6, 6.07) is 5.37. The Balaban J connectivity index is 1.86. The molecule has 2 atom stereocenters. The summed E-state index contributed by atoms with van der Waals surface area (Å²) in [7, 11) is 0. The van der Waals surface area contributed by atoms with E-state index in [-0.39, 0.29) is 12.1 Å². The van der Waals surface area contributed by atoms with Crippen molar-refractivity contribution in [2.45, 2.75) is 18.6 Å². The second-order valence-corrected chi connectivity index (χ2v) is 5.70. The summed E-state index contributed by atoms with van der Waals surface area (Å²) in [5.41, 5.74) is 0.824. The number of halogens is 2. The first-order chi connectivity index (χ1) is 9.13. The Hall–Kier alpha value is -0.950. The monoisotopic (exact) mass is 343 g/mol. The fraction of sp³-hybridized carbons (Fsp3) is 0.333. The van der Waals surface area contributed by atoms with Crippen LogP contribution < -0.4 is 5.32 Å². The lowest BCUT2D eigenvalue weighted by Gasteiger charge is -2.01. The van der Waals surface area contributed by atoms with Crippen molar-refractivity contribution < 1.29 is 9.63 Å². The summed E-state index contributed by atoms with van der Waals surface area (Å²) < 4.78 is 6.02. The van der Waals surface area contributed by atoms with E-state index in [9.17, 15) is 5.11 Å². The van der Waals surface area contributed by atoms with E-state index in [1.165, 1.54) is 0 Å². The molecule has 0 spiro atoms. The fourth-order valence-corrected chi connectivity index (χ4v) is 2.53. The molecular weight excluding hydrogens is 334 g/mol. The van der Waals surface area contributed by atoms with Gasteiger partial charge in [-0.2, -0.15) is 4.98 Å². The molecule has 1 saturated heterocycles. The molecule has 0 saturated carbocycles. The van der Waals surface area contributed by atoms with Gasteiger partial charge in [0.05, 0.1) is 17.2 Å². The van der Waals surface area contributed by atoms with Crippen LogP contribution in [0.2, 0.25) is 5.02 Å². The highest BCUT2D eigenvalue weighted by Gasteiger charge is 2.28. The number of aliphatic hydroxyl groups excluding tert-OH is 1. The van der Waals surface area contributed by atoms with E-state index in [4.69, 9.17) is 16.1 Å². The molecule has 7 heteroatoms. The van der Waals surface area contributed by atoms with Gasteiger partial charge in [0.2, 0.25) is 11.7 Å². The predicted octanol–water partition coefficient (Wildman–Crippen LogP) is 2.55. The maximum absolute atomic E-state index is 9.48. The van der Waals surface area contributed by atoms with Gasteiger partial charge >= 0.3 is 0 Å². The first kappa shape index (κ1) is 13.1. The minimum atomic E-state index is -0.356. The smallest absolute Gasteiger partial charge is 0.244 e. The van der Waals surface area contributed by atoms with Gasteiger partial charge in [-0.3, -0.25) is 0 Å². The van der Waals surface area contributed by atoms with Crippen LogP contribution >= 0.6 is 27.5 Å². The molecule has 0 aliphatic carbocycles. The van der Waals surface area contributed by atoms with Gasteiger partial charge < -0.3 is 14.9 Å². The van der Waals surface area contributed by atoms with Crippen LogP contribution in [-0.2, 0) is 0 Å². The van der Waals surface area contributed by atoms with Crippen molar-refractivity contribution in [2.75, 3.05) is 6.54 Å². The summed E-state index contributed by atoms with van der Waals surface area (Å²) in [5, 5.41) is 17.2. The minimum Gasteiger partial charge on any atom is -0.392 e. The summed E-state index contributed by atoms with van der Waals surface area (Å²) >= 11 is 9.30. The Morgan fingerprint density at radius 1 is 1.47 bits per heavy atom. The van der Waals surface area contributed by atoms with E-state index >= 15 is 0 Å². The first-order valence-corrected chi connectivity index (χ1v) is 7.01. The van der Waals surface area contributed by atoms with Gasteiger partial charge in [0, 0.05) is 16.6 Å². The van der Waals surface area contributed by atoms with Crippen LogP contribution in [-0.4, -0.2) is 27.9 Å². The summed E-state index contributed by atoms with van der Waals surface area (Å²) in [4.78, 5) is 4.35. The van der Waals surface area contributed by atoms with Crippen molar-refractivity contribution >= 4 is 27.5 Å². The molecule has 1 fully saturated rings. The molecule has 2 aromatic rings. The Morgan fingerprint density at radius 2 is 2.32 bits per heavy atom. The zero-order chi connectivity index (χ0) is 13.4. The standard InChI is InChI=1S/C12H11BrClN3O2/c13-8-3-6(1-2-9(8)14)11-16-12(19-17-11)10-4-7(18)5-15-10/h1-3,7,10,15,18H,4-5H2/t7?,10-/m0/s1. The molecule has 2 heterocycles. The Labute approximate surface area is 123 Å². The lowest BCUT2D eigenvalue weighted by atomic mass is 10.2. The number of benzene rings is 1. The minimum absolute atomic E-state index is 0.0769. The van der Waals surface area contributed by atoms with Gasteiger partial charge in [0.1, 0.15) is 0 Å². The number of hydrogen-bond acceptors (Lipinski definition) is 5. The zero-order valence-electron chi connectivity index (χ0n) is 9.81. The number of nitrogens with zero attached hydrogens (tertiary/aromatic N) is 2. The van der Waals surface area contributed by atoms with Crippen LogP contribution in [0.15, 0.2) is 27.2 Å². The molecule has 100 valence electrons. The second kappa shape index (κ2) is 5.20. The van der Waals surface area contributed by atoms with Gasteiger partial charge in [0.15, 0.2) is 0 Å². The van der Waals surface area contributed by atoms with Gasteiger partial charge in [-0.25, -0.2) is 0 Å². The lowest BCUT2D eigenvalue weighted by Crippen LogP contribution is -2.15. The van der Waals surface area contributed by atoms with Crippen LogP contribution in [0.1, 0.15) is 18.4 Å². The largest absolute Gasteiger partial charge is 0.392 e. The van der Waals surface area contributed by atoms with E-state index in [1.807, 2.05) is 12.1 Å². The van der Waals surface area contributed by atoms with E-state index in [2.05, 4.69) is 31.4 Å². The SMILES string of the molecule is OC1CN[C@H](c2nc(-c3ccc(Cl)c(Br)c3)no2)C1. The molecule has 1 aromatic carbocycles. The molecule has 1 aliphatic rings. The molecule has 0 radical (unpaired) electrons. The Morgan fingerprint density at radius 3 is 3.00 bits per heavy atom. The van der Waals surface area contributed by atoms with E-state index in [1.54, 1.807) is 6.07 Å². The topological polar surface area (TPSA) is 71.2 Å².